The van der Waals surface area contributed by atoms with Gasteiger partial charge in [-0.05, 0) is 67.6 Å². The van der Waals surface area contributed by atoms with E-state index in [0.29, 0.717) is 34.7 Å². The van der Waals surface area contributed by atoms with Crippen molar-refractivity contribution in [3.63, 3.8) is 0 Å². The molecule has 3 rings (SSSR count). The summed E-state index contributed by atoms with van der Waals surface area (Å²) in [6, 6.07) is 22.2. The van der Waals surface area contributed by atoms with Crippen molar-refractivity contribution in [1.29, 1.82) is 5.26 Å². The average molecular weight is 385 g/mol. The zero-order chi connectivity index (χ0) is 20.6. The molecule has 0 radical (unpaired) electrons. The molecule has 6 nitrogen and oxygen atoms in total. The zero-order valence-electron chi connectivity index (χ0n) is 15.8. The molecule has 144 valence electrons. The molecule has 0 aromatic heterocycles. The number of hydrogen-bond acceptors (Lipinski definition) is 4. The molecule has 2 amide bonds. The minimum absolute atomic E-state index is 0.282. The highest BCUT2D eigenvalue weighted by Crippen LogP contribution is 2.18. The maximum absolute atomic E-state index is 12.4. The lowest BCUT2D eigenvalue weighted by Gasteiger charge is -2.09. The maximum Gasteiger partial charge on any atom is 0.255 e. The van der Waals surface area contributed by atoms with E-state index in [0.717, 1.165) is 5.75 Å². The van der Waals surface area contributed by atoms with E-state index in [1.54, 1.807) is 72.8 Å². The van der Waals surface area contributed by atoms with Crippen molar-refractivity contribution in [2.75, 3.05) is 17.2 Å². The van der Waals surface area contributed by atoms with Gasteiger partial charge in [0.15, 0.2) is 0 Å². The van der Waals surface area contributed by atoms with Gasteiger partial charge in [-0.2, -0.15) is 5.26 Å². The third-order valence-electron chi connectivity index (χ3n) is 4.13. The smallest absolute Gasteiger partial charge is 0.255 e. The predicted octanol–water partition coefficient (Wildman–Crippen LogP) is 4.46. The highest BCUT2D eigenvalue weighted by atomic mass is 16.5. The Morgan fingerprint density at radius 2 is 1.45 bits per heavy atom. The minimum Gasteiger partial charge on any atom is -0.494 e. The van der Waals surface area contributed by atoms with Crippen molar-refractivity contribution in [3.8, 4) is 11.8 Å². The predicted molar refractivity (Wildman–Crippen MR) is 111 cm³/mol. The van der Waals surface area contributed by atoms with Crippen LogP contribution in [0.5, 0.6) is 5.75 Å². The minimum atomic E-state index is -0.355. The summed E-state index contributed by atoms with van der Waals surface area (Å²) in [7, 11) is 0. The first kappa shape index (κ1) is 19.6. The van der Waals surface area contributed by atoms with E-state index < -0.39 is 0 Å². The second-order valence-electron chi connectivity index (χ2n) is 6.10. The van der Waals surface area contributed by atoms with Crippen molar-refractivity contribution in [1.82, 2.24) is 0 Å². The summed E-state index contributed by atoms with van der Waals surface area (Å²) in [5, 5.41) is 14.6. The molecule has 0 heterocycles. The number of rotatable bonds is 6. The van der Waals surface area contributed by atoms with E-state index in [9.17, 15) is 9.59 Å². The van der Waals surface area contributed by atoms with Gasteiger partial charge in [0.05, 0.1) is 17.9 Å². The number of carbonyl (C=O) groups is 2. The standard InChI is InChI=1S/C23H19N3O3/c1-2-29-20-13-11-19(12-14-20)25-22(27)16-7-9-17(10-8-16)23(28)26-21-6-4-3-5-18(21)15-24/h3-14H,2H2,1H3,(H,25,27)(H,26,28). The third-order valence-corrected chi connectivity index (χ3v) is 4.13. The first-order valence-corrected chi connectivity index (χ1v) is 9.05. The molecular formula is C23H19N3O3. The van der Waals surface area contributed by atoms with Gasteiger partial charge in [0.1, 0.15) is 11.8 Å². The van der Waals surface area contributed by atoms with Crippen LogP contribution in [-0.2, 0) is 0 Å². The fraction of sp³-hybridized carbons (Fsp3) is 0.0870. The Kier molecular flexibility index (Phi) is 6.23. The molecule has 0 fully saturated rings. The number of para-hydroxylation sites is 1. The van der Waals surface area contributed by atoms with Gasteiger partial charge in [-0.3, -0.25) is 9.59 Å². The Morgan fingerprint density at radius 3 is 2.03 bits per heavy atom. The van der Waals surface area contributed by atoms with E-state index in [4.69, 9.17) is 10.00 Å². The SMILES string of the molecule is CCOc1ccc(NC(=O)c2ccc(C(=O)Nc3ccccc3C#N)cc2)cc1. The highest BCUT2D eigenvalue weighted by Gasteiger charge is 2.11. The molecule has 29 heavy (non-hydrogen) atoms. The van der Waals surface area contributed by atoms with Crippen LogP contribution >= 0.6 is 0 Å². The Balaban J connectivity index is 1.65. The van der Waals surface area contributed by atoms with Crippen molar-refractivity contribution in [2.24, 2.45) is 0 Å². The summed E-state index contributed by atoms with van der Waals surface area (Å²) >= 11 is 0. The van der Waals surface area contributed by atoms with E-state index >= 15 is 0 Å². The van der Waals surface area contributed by atoms with Crippen LogP contribution in [0.2, 0.25) is 0 Å². The van der Waals surface area contributed by atoms with Crippen LogP contribution in [0.3, 0.4) is 0 Å². The van der Waals surface area contributed by atoms with E-state index in [1.807, 2.05) is 13.0 Å². The molecule has 0 aliphatic rings. The average Bonchev–Trinajstić information content (AvgIpc) is 2.75. The van der Waals surface area contributed by atoms with Gasteiger partial charge in [-0.1, -0.05) is 12.1 Å². The fourth-order valence-corrected chi connectivity index (χ4v) is 2.66. The Labute approximate surface area is 168 Å². The van der Waals surface area contributed by atoms with Crippen molar-refractivity contribution in [2.45, 2.75) is 6.92 Å². The van der Waals surface area contributed by atoms with Crippen LogP contribution in [0.1, 0.15) is 33.2 Å². The maximum atomic E-state index is 12.4. The number of hydrogen-bond donors (Lipinski definition) is 2. The molecule has 0 unspecified atom stereocenters. The van der Waals surface area contributed by atoms with Crippen molar-refractivity contribution < 1.29 is 14.3 Å². The Morgan fingerprint density at radius 1 is 0.862 bits per heavy atom. The second kappa shape index (κ2) is 9.20. The molecule has 0 spiro atoms. The first-order valence-electron chi connectivity index (χ1n) is 9.05. The molecule has 3 aromatic carbocycles. The van der Waals surface area contributed by atoms with Gasteiger partial charge in [0, 0.05) is 16.8 Å². The van der Waals surface area contributed by atoms with Crippen LogP contribution in [-0.4, -0.2) is 18.4 Å². The molecule has 2 N–H and O–H groups in total. The van der Waals surface area contributed by atoms with E-state index in [1.165, 1.54) is 0 Å². The highest BCUT2D eigenvalue weighted by molar-refractivity contribution is 6.07. The topological polar surface area (TPSA) is 91.2 Å². The normalized spacial score (nSPS) is 9.93. The fourth-order valence-electron chi connectivity index (χ4n) is 2.66. The van der Waals surface area contributed by atoms with Crippen LogP contribution in [0.15, 0.2) is 72.8 Å². The molecule has 0 atom stereocenters. The molecule has 0 bridgehead atoms. The van der Waals surface area contributed by atoms with E-state index in [2.05, 4.69) is 10.6 Å². The number of nitriles is 1. The van der Waals surface area contributed by atoms with Gasteiger partial charge in [0.2, 0.25) is 0 Å². The number of anilines is 2. The Bertz CT molecular complexity index is 1050. The molecule has 0 saturated heterocycles. The van der Waals surface area contributed by atoms with Crippen LogP contribution in [0.25, 0.3) is 0 Å². The summed E-state index contributed by atoms with van der Waals surface area (Å²) in [6.07, 6.45) is 0. The molecule has 0 aliphatic carbocycles. The van der Waals surface area contributed by atoms with Gasteiger partial charge in [0.25, 0.3) is 11.8 Å². The van der Waals surface area contributed by atoms with Crippen molar-refractivity contribution >= 4 is 23.2 Å². The zero-order valence-corrected chi connectivity index (χ0v) is 15.8. The quantitative estimate of drug-likeness (QED) is 0.655. The number of nitrogens with one attached hydrogen (secondary N) is 2. The lowest BCUT2D eigenvalue weighted by Crippen LogP contribution is -2.14. The second-order valence-corrected chi connectivity index (χ2v) is 6.10. The number of ether oxygens (including phenoxy) is 1. The molecule has 0 saturated carbocycles. The number of amides is 2. The molecular weight excluding hydrogens is 366 g/mol. The molecule has 6 heteroatoms. The Hall–Kier alpha value is -4.11. The molecule has 3 aromatic rings. The van der Waals surface area contributed by atoms with Crippen molar-refractivity contribution in [3.05, 3.63) is 89.5 Å². The van der Waals surface area contributed by atoms with Crippen LogP contribution < -0.4 is 15.4 Å². The largest absolute Gasteiger partial charge is 0.494 e. The summed E-state index contributed by atoms with van der Waals surface area (Å²) in [4.78, 5) is 24.8. The summed E-state index contributed by atoms with van der Waals surface area (Å²) in [5.41, 5.74) is 2.28. The number of benzene rings is 3. The third kappa shape index (κ3) is 4.99. The first-order chi connectivity index (χ1) is 14.1. The van der Waals surface area contributed by atoms with Gasteiger partial charge in [-0.25, -0.2) is 0 Å². The van der Waals surface area contributed by atoms with Crippen LogP contribution in [0, 0.1) is 11.3 Å². The van der Waals surface area contributed by atoms with Gasteiger partial charge >= 0.3 is 0 Å². The lowest BCUT2D eigenvalue weighted by atomic mass is 10.1. The molecule has 0 aliphatic heterocycles. The van der Waals surface area contributed by atoms with Gasteiger partial charge in [-0.15, -0.1) is 0 Å². The number of nitrogens with zero attached hydrogens (tertiary/aromatic N) is 1. The summed E-state index contributed by atoms with van der Waals surface area (Å²) < 4.78 is 5.37. The summed E-state index contributed by atoms with van der Waals surface area (Å²) in [6.45, 7) is 2.48. The van der Waals surface area contributed by atoms with Gasteiger partial charge < -0.3 is 15.4 Å². The number of carbonyl (C=O) groups excluding carboxylic acids is 2. The lowest BCUT2D eigenvalue weighted by molar-refractivity contribution is 0.101. The van der Waals surface area contributed by atoms with Crippen LogP contribution in [0.4, 0.5) is 11.4 Å². The monoisotopic (exact) mass is 385 g/mol. The summed E-state index contributed by atoms with van der Waals surface area (Å²) in [5.74, 6) is 0.0981. The van der Waals surface area contributed by atoms with E-state index in [-0.39, 0.29) is 11.8 Å².